The van der Waals surface area contributed by atoms with Gasteiger partial charge in [-0.2, -0.15) is 0 Å². The molecule has 0 aliphatic carbocycles. The summed E-state index contributed by atoms with van der Waals surface area (Å²) in [6.45, 7) is -0.554. The third-order valence-electron chi connectivity index (χ3n) is 3.01. The predicted octanol–water partition coefficient (Wildman–Crippen LogP) is 2.83. The molecule has 0 radical (unpaired) electrons. The second kappa shape index (κ2) is 7.58. The van der Waals surface area contributed by atoms with E-state index >= 15 is 0 Å². The van der Waals surface area contributed by atoms with Gasteiger partial charge in [-0.1, -0.05) is 40.9 Å². The van der Waals surface area contributed by atoms with Gasteiger partial charge in [-0.25, -0.2) is 14.3 Å². The molecule has 1 amide bonds. The molecule has 2 aromatic rings. The first-order valence-electron chi connectivity index (χ1n) is 6.48. The molecule has 0 fully saturated rings. The molecule has 0 aromatic heterocycles. The molecule has 24 heavy (non-hydrogen) atoms. The highest BCUT2D eigenvalue weighted by molar-refractivity contribution is 7.93. The fourth-order valence-electron chi connectivity index (χ4n) is 1.92. The van der Waals surface area contributed by atoms with Crippen molar-refractivity contribution in [1.29, 1.82) is 0 Å². The van der Waals surface area contributed by atoms with E-state index in [-0.39, 0.29) is 20.6 Å². The van der Waals surface area contributed by atoms with Gasteiger partial charge in [-0.15, -0.1) is 0 Å². The van der Waals surface area contributed by atoms with Gasteiger partial charge in [0.1, 0.15) is 11.4 Å². The summed E-state index contributed by atoms with van der Waals surface area (Å²) in [5.74, 6) is 4.36. The van der Waals surface area contributed by atoms with Crippen molar-refractivity contribution >= 4 is 56.4 Å². The summed E-state index contributed by atoms with van der Waals surface area (Å²) in [5, 5.41) is 0.463. The lowest BCUT2D eigenvalue weighted by Crippen LogP contribution is -2.43. The summed E-state index contributed by atoms with van der Waals surface area (Å²) in [6.07, 6.45) is 0. The lowest BCUT2D eigenvalue weighted by molar-refractivity contribution is -0.119. The molecule has 3 N–H and O–H groups in total. The van der Waals surface area contributed by atoms with Gasteiger partial charge >= 0.3 is 0 Å². The van der Waals surface area contributed by atoms with Crippen LogP contribution in [-0.4, -0.2) is 20.9 Å². The SMILES string of the molecule is NNC(=O)CN(c1cccc(Cl)c1)S(=O)(=O)c1cc(Cl)ccc1Cl. The number of rotatable bonds is 5. The molecule has 6 nitrogen and oxygen atoms in total. The summed E-state index contributed by atoms with van der Waals surface area (Å²) in [4.78, 5) is 11.4. The van der Waals surface area contributed by atoms with Gasteiger partial charge in [0, 0.05) is 10.0 Å². The van der Waals surface area contributed by atoms with E-state index in [4.69, 9.17) is 40.6 Å². The van der Waals surface area contributed by atoms with Crippen molar-refractivity contribution in [1.82, 2.24) is 5.43 Å². The highest BCUT2D eigenvalue weighted by Crippen LogP contribution is 2.31. The smallest absolute Gasteiger partial charge is 0.266 e. The number of carbonyl (C=O) groups is 1. The number of nitrogens with two attached hydrogens (primary N) is 1. The molecule has 128 valence electrons. The topological polar surface area (TPSA) is 92.5 Å². The fraction of sp³-hybridized carbons (Fsp3) is 0.0714. The molecule has 0 aliphatic rings. The minimum absolute atomic E-state index is 0.0282. The highest BCUT2D eigenvalue weighted by atomic mass is 35.5. The van der Waals surface area contributed by atoms with E-state index in [2.05, 4.69) is 0 Å². The third-order valence-corrected chi connectivity index (χ3v) is 5.73. The minimum Gasteiger partial charge on any atom is -0.293 e. The number of hydrogen-bond donors (Lipinski definition) is 2. The maximum atomic E-state index is 13.0. The molecular weight excluding hydrogens is 397 g/mol. The van der Waals surface area contributed by atoms with Gasteiger partial charge in [-0.05, 0) is 36.4 Å². The average Bonchev–Trinajstić information content (AvgIpc) is 2.54. The molecule has 0 unspecified atom stereocenters. The zero-order chi connectivity index (χ0) is 17.9. The van der Waals surface area contributed by atoms with Gasteiger partial charge < -0.3 is 0 Å². The Morgan fingerprint density at radius 3 is 2.38 bits per heavy atom. The second-order valence-corrected chi connectivity index (χ2v) is 7.74. The van der Waals surface area contributed by atoms with Gasteiger partial charge in [0.25, 0.3) is 15.9 Å². The number of nitrogens with zero attached hydrogens (tertiary/aromatic N) is 1. The molecule has 0 saturated carbocycles. The Morgan fingerprint density at radius 2 is 1.75 bits per heavy atom. The number of sulfonamides is 1. The summed E-state index contributed by atoms with van der Waals surface area (Å²) < 4.78 is 26.8. The summed E-state index contributed by atoms with van der Waals surface area (Å²) in [5.41, 5.74) is 2.07. The number of hydrazine groups is 1. The van der Waals surface area contributed by atoms with Gasteiger partial charge in [0.15, 0.2) is 0 Å². The van der Waals surface area contributed by atoms with Crippen LogP contribution in [0.2, 0.25) is 15.1 Å². The standard InChI is InChI=1S/C14H12Cl3N3O3S/c15-9-2-1-3-11(6-9)20(8-14(21)19-18)24(22,23)13-7-10(16)4-5-12(13)17/h1-7H,8,18H2,(H,19,21). The van der Waals surface area contributed by atoms with E-state index in [1.807, 2.05) is 5.43 Å². The van der Waals surface area contributed by atoms with Crippen molar-refractivity contribution in [2.24, 2.45) is 5.84 Å². The maximum Gasteiger partial charge on any atom is 0.266 e. The van der Waals surface area contributed by atoms with Crippen LogP contribution in [0.15, 0.2) is 47.4 Å². The molecule has 0 atom stereocenters. The first kappa shape index (κ1) is 18.8. The quantitative estimate of drug-likeness (QED) is 0.452. The van der Waals surface area contributed by atoms with E-state index in [0.717, 1.165) is 4.31 Å². The fourth-order valence-corrected chi connectivity index (χ4v) is 4.25. The van der Waals surface area contributed by atoms with E-state index in [0.29, 0.717) is 5.02 Å². The number of anilines is 1. The van der Waals surface area contributed by atoms with Crippen molar-refractivity contribution in [3.63, 3.8) is 0 Å². The minimum atomic E-state index is -4.19. The van der Waals surface area contributed by atoms with Crippen molar-refractivity contribution in [3.8, 4) is 0 Å². The van der Waals surface area contributed by atoms with Gasteiger partial charge in [0.05, 0.1) is 10.7 Å². The summed E-state index contributed by atoms with van der Waals surface area (Å²) in [7, 11) is -4.19. The van der Waals surface area contributed by atoms with E-state index in [1.165, 1.54) is 30.3 Å². The van der Waals surface area contributed by atoms with Crippen LogP contribution in [0, 0.1) is 0 Å². The number of halogens is 3. The molecule has 10 heteroatoms. The number of carbonyl (C=O) groups excluding carboxylic acids is 1. The van der Waals surface area contributed by atoms with Crippen LogP contribution in [0.5, 0.6) is 0 Å². The molecule has 0 heterocycles. The number of hydrogen-bond acceptors (Lipinski definition) is 4. The molecule has 2 aromatic carbocycles. The Balaban J connectivity index is 2.61. The molecule has 0 bridgehead atoms. The van der Waals surface area contributed by atoms with Crippen LogP contribution in [-0.2, 0) is 14.8 Å². The molecule has 2 rings (SSSR count). The zero-order valence-electron chi connectivity index (χ0n) is 12.0. The molecule has 0 spiro atoms. The number of benzene rings is 2. The Hall–Kier alpha value is -1.51. The van der Waals surface area contributed by atoms with Crippen LogP contribution >= 0.6 is 34.8 Å². The predicted molar refractivity (Wildman–Crippen MR) is 94.8 cm³/mol. The largest absolute Gasteiger partial charge is 0.293 e. The Bertz CT molecular complexity index is 875. The van der Waals surface area contributed by atoms with Gasteiger partial charge in [0.2, 0.25) is 0 Å². The lowest BCUT2D eigenvalue weighted by Gasteiger charge is -2.24. The van der Waals surface area contributed by atoms with E-state index in [1.54, 1.807) is 12.1 Å². The van der Waals surface area contributed by atoms with Gasteiger partial charge in [-0.3, -0.25) is 14.5 Å². The summed E-state index contributed by atoms with van der Waals surface area (Å²) in [6, 6.07) is 10.0. The van der Waals surface area contributed by atoms with E-state index in [9.17, 15) is 13.2 Å². The van der Waals surface area contributed by atoms with Crippen LogP contribution in [0.25, 0.3) is 0 Å². The number of amides is 1. The number of nitrogens with one attached hydrogen (secondary N) is 1. The first-order valence-corrected chi connectivity index (χ1v) is 9.06. The average molecular weight is 409 g/mol. The second-order valence-electron chi connectivity index (χ2n) is 4.63. The third kappa shape index (κ3) is 4.12. The lowest BCUT2D eigenvalue weighted by atomic mass is 10.3. The van der Waals surface area contributed by atoms with Crippen molar-refractivity contribution < 1.29 is 13.2 Å². The van der Waals surface area contributed by atoms with Crippen LogP contribution < -0.4 is 15.6 Å². The first-order chi connectivity index (χ1) is 11.3. The van der Waals surface area contributed by atoms with Crippen molar-refractivity contribution in [2.75, 3.05) is 10.8 Å². The molecular formula is C14H12Cl3N3O3S. The normalized spacial score (nSPS) is 11.2. The van der Waals surface area contributed by atoms with Crippen LogP contribution in [0.3, 0.4) is 0 Å². The van der Waals surface area contributed by atoms with Crippen molar-refractivity contribution in [3.05, 3.63) is 57.5 Å². The maximum absolute atomic E-state index is 13.0. The highest BCUT2D eigenvalue weighted by Gasteiger charge is 2.29. The molecule has 0 aliphatic heterocycles. The van der Waals surface area contributed by atoms with E-state index < -0.39 is 22.5 Å². The molecule has 0 saturated heterocycles. The summed E-state index contributed by atoms with van der Waals surface area (Å²) >= 11 is 17.8. The Kier molecular flexibility index (Phi) is 5.95. The van der Waals surface area contributed by atoms with Crippen LogP contribution in [0.4, 0.5) is 5.69 Å². The van der Waals surface area contributed by atoms with Crippen LogP contribution in [0.1, 0.15) is 0 Å². The van der Waals surface area contributed by atoms with Crippen molar-refractivity contribution in [2.45, 2.75) is 4.90 Å². The monoisotopic (exact) mass is 407 g/mol. The Labute approximate surface area is 154 Å². The Morgan fingerprint density at radius 1 is 1.08 bits per heavy atom. The zero-order valence-corrected chi connectivity index (χ0v) is 15.1.